The van der Waals surface area contributed by atoms with Crippen LogP contribution in [-0.2, 0) is 9.53 Å². The van der Waals surface area contributed by atoms with E-state index in [9.17, 15) is 9.59 Å². The third-order valence-corrected chi connectivity index (χ3v) is 5.53. The number of ether oxygens (including phenoxy) is 1. The van der Waals surface area contributed by atoms with Crippen LogP contribution in [0.4, 0.5) is 4.79 Å². The van der Waals surface area contributed by atoms with Crippen molar-refractivity contribution in [3.05, 3.63) is 0 Å². The summed E-state index contributed by atoms with van der Waals surface area (Å²) in [5, 5.41) is 3.23. The highest BCUT2D eigenvalue weighted by molar-refractivity contribution is 5.77. The van der Waals surface area contributed by atoms with Gasteiger partial charge in [0.15, 0.2) is 0 Å². The highest BCUT2D eigenvalue weighted by Crippen LogP contribution is 2.24. The van der Waals surface area contributed by atoms with Crippen LogP contribution in [0, 0.1) is 5.92 Å². The summed E-state index contributed by atoms with van der Waals surface area (Å²) in [4.78, 5) is 26.7. The van der Waals surface area contributed by atoms with Gasteiger partial charge in [0.2, 0.25) is 0 Å². The number of hydrogen-bond donors (Lipinski definition) is 1. The van der Waals surface area contributed by atoms with Crippen molar-refractivity contribution in [2.75, 3.05) is 13.7 Å². The lowest BCUT2D eigenvalue weighted by Gasteiger charge is -2.35. The van der Waals surface area contributed by atoms with Crippen LogP contribution in [-0.4, -0.2) is 42.6 Å². The maximum atomic E-state index is 12.9. The molecule has 0 aromatic heterocycles. The summed E-state index contributed by atoms with van der Waals surface area (Å²) in [7, 11) is 1.41. The van der Waals surface area contributed by atoms with Crippen LogP contribution in [0.15, 0.2) is 0 Å². The zero-order chi connectivity index (χ0) is 17.4. The molecule has 0 spiro atoms. The van der Waals surface area contributed by atoms with Gasteiger partial charge in [-0.1, -0.05) is 51.9 Å². The number of carbonyl (C=O) groups is 2. The molecule has 5 heteroatoms. The van der Waals surface area contributed by atoms with Gasteiger partial charge < -0.3 is 15.0 Å². The van der Waals surface area contributed by atoms with Gasteiger partial charge in [0.25, 0.3) is 0 Å². The van der Waals surface area contributed by atoms with E-state index in [0.717, 1.165) is 25.7 Å². The number of urea groups is 1. The molecule has 1 N–H and O–H groups in total. The minimum Gasteiger partial charge on any atom is -0.469 e. The van der Waals surface area contributed by atoms with Crippen LogP contribution in [0.5, 0.6) is 0 Å². The average molecular weight is 338 g/mol. The Morgan fingerprint density at radius 2 is 1.54 bits per heavy atom. The number of carbonyl (C=O) groups excluding carboxylic acids is 2. The van der Waals surface area contributed by atoms with E-state index in [-0.39, 0.29) is 24.0 Å². The molecular formula is C19H34N2O3. The molecule has 2 aliphatic carbocycles. The molecule has 1 unspecified atom stereocenters. The molecule has 0 bridgehead atoms. The first-order valence-electron chi connectivity index (χ1n) is 9.76. The van der Waals surface area contributed by atoms with Crippen molar-refractivity contribution < 1.29 is 14.3 Å². The smallest absolute Gasteiger partial charge is 0.317 e. The summed E-state index contributed by atoms with van der Waals surface area (Å²) < 4.78 is 4.86. The molecule has 0 aromatic rings. The third-order valence-electron chi connectivity index (χ3n) is 5.53. The number of hydrogen-bond acceptors (Lipinski definition) is 3. The number of nitrogens with zero attached hydrogens (tertiary/aromatic N) is 1. The Bertz CT molecular complexity index is 399. The summed E-state index contributed by atoms with van der Waals surface area (Å²) in [6.07, 6.45) is 12.8. The predicted octanol–water partition coefficient (Wildman–Crippen LogP) is 3.86. The second-order valence-corrected chi connectivity index (χ2v) is 7.51. The Morgan fingerprint density at radius 3 is 2.12 bits per heavy atom. The van der Waals surface area contributed by atoms with E-state index in [1.165, 1.54) is 52.1 Å². The molecule has 2 amide bonds. The highest BCUT2D eigenvalue weighted by atomic mass is 16.5. The van der Waals surface area contributed by atoms with Crippen LogP contribution in [0.2, 0.25) is 0 Å². The molecule has 2 aliphatic rings. The van der Waals surface area contributed by atoms with Gasteiger partial charge in [-0.3, -0.25) is 4.79 Å². The summed E-state index contributed by atoms with van der Waals surface area (Å²) >= 11 is 0. The Hall–Kier alpha value is -1.26. The zero-order valence-electron chi connectivity index (χ0n) is 15.4. The van der Waals surface area contributed by atoms with Crippen LogP contribution >= 0.6 is 0 Å². The quantitative estimate of drug-likeness (QED) is 0.611. The topological polar surface area (TPSA) is 58.6 Å². The van der Waals surface area contributed by atoms with Crippen LogP contribution in [0.3, 0.4) is 0 Å². The molecule has 138 valence electrons. The molecular weight excluding hydrogens is 304 g/mol. The van der Waals surface area contributed by atoms with E-state index in [1.54, 1.807) is 0 Å². The maximum Gasteiger partial charge on any atom is 0.317 e. The van der Waals surface area contributed by atoms with Crippen molar-refractivity contribution in [3.63, 3.8) is 0 Å². The largest absolute Gasteiger partial charge is 0.469 e. The molecule has 1 atom stereocenters. The first-order valence-corrected chi connectivity index (χ1v) is 9.76. The molecule has 0 heterocycles. The van der Waals surface area contributed by atoms with E-state index in [4.69, 9.17) is 4.74 Å². The average Bonchev–Trinajstić information content (AvgIpc) is 2.88. The van der Waals surface area contributed by atoms with Crippen LogP contribution < -0.4 is 5.32 Å². The van der Waals surface area contributed by atoms with Crippen LogP contribution in [0.1, 0.15) is 77.6 Å². The van der Waals surface area contributed by atoms with Crippen molar-refractivity contribution in [3.8, 4) is 0 Å². The van der Waals surface area contributed by atoms with E-state index in [1.807, 2.05) is 11.8 Å². The van der Waals surface area contributed by atoms with Gasteiger partial charge >= 0.3 is 12.0 Å². The lowest BCUT2D eigenvalue weighted by Crippen LogP contribution is -2.51. The number of amides is 2. The first kappa shape index (κ1) is 19.1. The van der Waals surface area contributed by atoms with Crippen molar-refractivity contribution in [1.29, 1.82) is 0 Å². The normalized spacial score (nSPS) is 21.6. The Balaban J connectivity index is 2.01. The lowest BCUT2D eigenvalue weighted by atomic mass is 9.95. The van der Waals surface area contributed by atoms with Crippen LogP contribution in [0.25, 0.3) is 0 Å². The monoisotopic (exact) mass is 338 g/mol. The Labute approximate surface area is 146 Å². The molecule has 5 nitrogen and oxygen atoms in total. The number of esters is 1. The molecule has 0 saturated heterocycles. The molecule has 24 heavy (non-hydrogen) atoms. The summed E-state index contributed by atoms with van der Waals surface area (Å²) in [5.74, 6) is -0.519. The molecule has 2 fully saturated rings. The van der Waals surface area contributed by atoms with Crippen molar-refractivity contribution in [2.24, 2.45) is 5.92 Å². The fourth-order valence-corrected chi connectivity index (χ4v) is 4.04. The summed E-state index contributed by atoms with van der Waals surface area (Å²) in [5.41, 5.74) is 0. The van der Waals surface area contributed by atoms with Gasteiger partial charge in [-0.2, -0.15) is 0 Å². The van der Waals surface area contributed by atoms with E-state index < -0.39 is 0 Å². The lowest BCUT2D eigenvalue weighted by molar-refractivity contribution is -0.145. The Morgan fingerprint density at radius 1 is 1.00 bits per heavy atom. The molecule has 0 aromatic carbocycles. The molecule has 2 saturated carbocycles. The minimum absolute atomic E-state index is 0.0181. The second-order valence-electron chi connectivity index (χ2n) is 7.51. The van der Waals surface area contributed by atoms with Crippen molar-refractivity contribution >= 4 is 12.0 Å². The molecule has 0 radical (unpaired) electrons. The number of nitrogens with one attached hydrogen (secondary N) is 1. The standard InChI is InChI=1S/C19H34N2O3/c1-15(18(22)24-2)14-21(17-12-8-3-4-9-13-17)19(23)20-16-10-6-5-7-11-16/h15-17H,3-14H2,1-2H3,(H,20,23). The maximum absolute atomic E-state index is 12.9. The third kappa shape index (κ3) is 5.67. The second kappa shape index (κ2) is 9.90. The van der Waals surface area contributed by atoms with Crippen molar-refractivity contribution in [2.45, 2.75) is 89.6 Å². The first-order chi connectivity index (χ1) is 11.6. The van der Waals surface area contributed by atoms with Gasteiger partial charge in [-0.05, 0) is 25.7 Å². The SMILES string of the molecule is COC(=O)C(C)CN(C(=O)NC1CCCCC1)C1CCCCCC1. The fraction of sp³-hybridized carbons (Fsp3) is 0.895. The molecule has 2 rings (SSSR count). The number of methoxy groups -OCH3 is 1. The summed E-state index contributed by atoms with van der Waals surface area (Å²) in [6, 6.07) is 0.570. The summed E-state index contributed by atoms with van der Waals surface area (Å²) in [6.45, 7) is 2.30. The minimum atomic E-state index is -0.282. The Kier molecular flexibility index (Phi) is 7.86. The van der Waals surface area contributed by atoms with E-state index in [2.05, 4.69) is 5.32 Å². The van der Waals surface area contributed by atoms with E-state index >= 15 is 0 Å². The molecule has 0 aliphatic heterocycles. The van der Waals surface area contributed by atoms with Gasteiger partial charge in [0.05, 0.1) is 13.0 Å². The zero-order valence-corrected chi connectivity index (χ0v) is 15.4. The van der Waals surface area contributed by atoms with Gasteiger partial charge in [0, 0.05) is 18.6 Å². The predicted molar refractivity (Wildman–Crippen MR) is 94.8 cm³/mol. The van der Waals surface area contributed by atoms with Gasteiger partial charge in [-0.25, -0.2) is 4.79 Å². The highest BCUT2D eigenvalue weighted by Gasteiger charge is 2.29. The van der Waals surface area contributed by atoms with Gasteiger partial charge in [-0.15, -0.1) is 0 Å². The fourth-order valence-electron chi connectivity index (χ4n) is 4.04. The van der Waals surface area contributed by atoms with E-state index in [0.29, 0.717) is 12.6 Å². The van der Waals surface area contributed by atoms with Gasteiger partial charge in [0.1, 0.15) is 0 Å². The number of rotatable bonds is 5. The van der Waals surface area contributed by atoms with Crippen molar-refractivity contribution in [1.82, 2.24) is 10.2 Å².